The first-order valence-electron chi connectivity index (χ1n) is 7.20. The van der Waals surface area contributed by atoms with E-state index in [-0.39, 0.29) is 18.4 Å². The normalized spacial score (nSPS) is 10.3. The van der Waals surface area contributed by atoms with Crippen molar-refractivity contribution < 1.29 is 9.59 Å². The Hall–Kier alpha value is -1.88. The number of likely N-dealkylation sites (N-methyl/N-ethyl adjacent to an activating group) is 1. The third-order valence-corrected chi connectivity index (χ3v) is 3.50. The van der Waals surface area contributed by atoms with Crippen LogP contribution in [0.4, 0.5) is 5.69 Å². The highest BCUT2D eigenvalue weighted by Crippen LogP contribution is 2.17. The molecule has 0 aliphatic carbocycles. The summed E-state index contributed by atoms with van der Waals surface area (Å²) in [6, 6.07) is 5.78. The quantitative estimate of drug-likeness (QED) is 0.752. The minimum Gasteiger partial charge on any atom is -0.336 e. The third-order valence-electron chi connectivity index (χ3n) is 3.50. The molecule has 5 nitrogen and oxygen atoms in total. The zero-order chi connectivity index (χ0) is 15.8. The first kappa shape index (κ1) is 17.2. The topological polar surface area (TPSA) is 61.4 Å². The van der Waals surface area contributed by atoms with Crippen LogP contribution < -0.4 is 10.6 Å². The monoisotopic (exact) mass is 291 g/mol. The molecule has 0 atom stereocenters. The van der Waals surface area contributed by atoms with Gasteiger partial charge in [0, 0.05) is 19.2 Å². The number of benzene rings is 1. The summed E-state index contributed by atoms with van der Waals surface area (Å²) in [4.78, 5) is 25.3. The lowest BCUT2D eigenvalue weighted by atomic mass is 10.1. The number of nitrogens with one attached hydrogen (secondary N) is 2. The van der Waals surface area contributed by atoms with Crippen molar-refractivity contribution in [3.05, 3.63) is 29.3 Å². The molecule has 5 heteroatoms. The van der Waals surface area contributed by atoms with Crippen LogP contribution in [-0.2, 0) is 9.59 Å². The second-order valence-corrected chi connectivity index (χ2v) is 5.25. The van der Waals surface area contributed by atoms with Crippen molar-refractivity contribution in [2.75, 3.05) is 32.5 Å². The molecule has 0 saturated heterocycles. The van der Waals surface area contributed by atoms with Gasteiger partial charge in [-0.25, -0.2) is 0 Å². The largest absolute Gasteiger partial charge is 0.336 e. The van der Waals surface area contributed by atoms with Gasteiger partial charge in [-0.3, -0.25) is 9.59 Å². The summed E-state index contributed by atoms with van der Waals surface area (Å²) < 4.78 is 0. The molecule has 0 unspecified atom stereocenters. The molecule has 0 saturated carbocycles. The summed E-state index contributed by atoms with van der Waals surface area (Å²) in [5, 5.41) is 5.86. The van der Waals surface area contributed by atoms with E-state index in [1.54, 1.807) is 7.05 Å². The van der Waals surface area contributed by atoms with Crippen LogP contribution in [0.2, 0.25) is 0 Å². The minimum atomic E-state index is -0.173. The van der Waals surface area contributed by atoms with Crippen molar-refractivity contribution in [2.24, 2.45) is 0 Å². The maximum atomic E-state index is 12.0. The van der Waals surface area contributed by atoms with Gasteiger partial charge < -0.3 is 15.5 Å². The lowest BCUT2D eigenvalue weighted by Crippen LogP contribution is -2.35. The number of hydrogen-bond acceptors (Lipinski definition) is 3. The van der Waals surface area contributed by atoms with Crippen LogP contribution in [0.1, 0.15) is 24.0 Å². The predicted molar refractivity (Wildman–Crippen MR) is 85.3 cm³/mol. The van der Waals surface area contributed by atoms with Gasteiger partial charge in [0.05, 0.1) is 6.54 Å². The highest BCUT2D eigenvalue weighted by Gasteiger charge is 2.13. The molecule has 116 valence electrons. The highest BCUT2D eigenvalue weighted by molar-refractivity contribution is 5.95. The number of carbonyl (C=O) groups excluding carboxylic acids is 2. The van der Waals surface area contributed by atoms with Gasteiger partial charge in [-0.2, -0.15) is 0 Å². The molecule has 21 heavy (non-hydrogen) atoms. The average Bonchev–Trinajstić information content (AvgIpc) is 2.44. The van der Waals surface area contributed by atoms with Crippen molar-refractivity contribution in [1.29, 1.82) is 0 Å². The van der Waals surface area contributed by atoms with E-state index >= 15 is 0 Å². The van der Waals surface area contributed by atoms with E-state index in [9.17, 15) is 9.59 Å². The fraction of sp³-hybridized carbons (Fsp3) is 0.500. The summed E-state index contributed by atoms with van der Waals surface area (Å²) in [5.74, 6) is -0.186. The first-order chi connectivity index (χ1) is 9.95. The summed E-state index contributed by atoms with van der Waals surface area (Å²) in [5.41, 5.74) is 2.98. The van der Waals surface area contributed by atoms with Gasteiger partial charge in [-0.05, 0) is 51.1 Å². The molecule has 1 aromatic rings. The van der Waals surface area contributed by atoms with Gasteiger partial charge in [0.15, 0.2) is 0 Å². The standard InChI is InChI=1S/C16H25N3O2/c1-12-7-5-8-14(13(12)2)18-15(20)11-19(4)16(21)9-6-10-17-3/h5,7-8,17H,6,9-11H2,1-4H3,(H,18,20). The van der Waals surface area contributed by atoms with Gasteiger partial charge in [0.2, 0.25) is 11.8 Å². The summed E-state index contributed by atoms with van der Waals surface area (Å²) in [6.07, 6.45) is 1.23. The van der Waals surface area contributed by atoms with E-state index < -0.39 is 0 Å². The van der Waals surface area contributed by atoms with Crippen LogP contribution in [0.5, 0.6) is 0 Å². The predicted octanol–water partition coefficient (Wildman–Crippen LogP) is 1.70. The SMILES string of the molecule is CNCCCC(=O)N(C)CC(=O)Nc1cccc(C)c1C. The minimum absolute atomic E-state index is 0.0126. The molecule has 0 spiro atoms. The fourth-order valence-corrected chi connectivity index (χ4v) is 1.99. The Morgan fingerprint density at radius 2 is 1.95 bits per heavy atom. The highest BCUT2D eigenvalue weighted by atomic mass is 16.2. The average molecular weight is 291 g/mol. The Bertz CT molecular complexity index is 500. The van der Waals surface area contributed by atoms with E-state index in [0.29, 0.717) is 6.42 Å². The molecule has 1 aromatic carbocycles. The van der Waals surface area contributed by atoms with Gasteiger partial charge in [-0.15, -0.1) is 0 Å². The maximum absolute atomic E-state index is 12.0. The number of rotatable bonds is 7. The number of nitrogens with zero attached hydrogens (tertiary/aromatic N) is 1. The first-order valence-corrected chi connectivity index (χ1v) is 7.20. The van der Waals surface area contributed by atoms with Crippen LogP contribution in [0.15, 0.2) is 18.2 Å². The Morgan fingerprint density at radius 1 is 1.24 bits per heavy atom. The molecular weight excluding hydrogens is 266 g/mol. The number of carbonyl (C=O) groups is 2. The zero-order valence-electron chi connectivity index (χ0n) is 13.3. The fourth-order valence-electron chi connectivity index (χ4n) is 1.99. The van der Waals surface area contributed by atoms with Crippen LogP contribution in [0.3, 0.4) is 0 Å². The Kier molecular flexibility index (Phi) is 6.88. The molecule has 0 bridgehead atoms. The number of hydrogen-bond donors (Lipinski definition) is 2. The van der Waals surface area contributed by atoms with Crippen LogP contribution >= 0.6 is 0 Å². The van der Waals surface area contributed by atoms with Crippen LogP contribution in [-0.4, -0.2) is 43.9 Å². The molecule has 0 aliphatic rings. The Morgan fingerprint density at radius 3 is 2.62 bits per heavy atom. The van der Waals surface area contributed by atoms with Crippen LogP contribution in [0, 0.1) is 13.8 Å². The smallest absolute Gasteiger partial charge is 0.243 e. The van der Waals surface area contributed by atoms with E-state index in [2.05, 4.69) is 10.6 Å². The Balaban J connectivity index is 2.49. The van der Waals surface area contributed by atoms with E-state index in [4.69, 9.17) is 0 Å². The molecule has 0 aliphatic heterocycles. The van der Waals surface area contributed by atoms with Crippen LogP contribution in [0.25, 0.3) is 0 Å². The molecule has 1 rings (SSSR count). The van der Waals surface area contributed by atoms with Gasteiger partial charge in [0.1, 0.15) is 0 Å². The molecular formula is C16H25N3O2. The number of anilines is 1. The lowest BCUT2D eigenvalue weighted by Gasteiger charge is -2.17. The van der Waals surface area contributed by atoms with Crippen molar-refractivity contribution in [3.8, 4) is 0 Å². The Labute approximate surface area is 126 Å². The molecule has 0 radical (unpaired) electrons. The van der Waals surface area contributed by atoms with Crippen molar-refractivity contribution >= 4 is 17.5 Å². The van der Waals surface area contributed by atoms with Crippen molar-refractivity contribution in [2.45, 2.75) is 26.7 Å². The molecule has 0 fully saturated rings. The molecule has 2 amide bonds. The number of aryl methyl sites for hydroxylation is 1. The number of amides is 2. The van der Waals surface area contributed by atoms with Gasteiger partial charge in [0.25, 0.3) is 0 Å². The molecule has 2 N–H and O–H groups in total. The van der Waals surface area contributed by atoms with Gasteiger partial charge in [-0.1, -0.05) is 12.1 Å². The summed E-state index contributed by atoms with van der Waals surface area (Å²) in [7, 11) is 3.51. The van der Waals surface area contributed by atoms with Gasteiger partial charge >= 0.3 is 0 Å². The second-order valence-electron chi connectivity index (χ2n) is 5.25. The summed E-state index contributed by atoms with van der Waals surface area (Å²) in [6.45, 7) is 4.85. The molecule has 0 heterocycles. The van der Waals surface area contributed by atoms with Crippen molar-refractivity contribution in [3.63, 3.8) is 0 Å². The van der Waals surface area contributed by atoms with E-state index in [1.165, 1.54) is 4.90 Å². The lowest BCUT2D eigenvalue weighted by molar-refractivity contribution is -0.133. The van der Waals surface area contributed by atoms with E-state index in [0.717, 1.165) is 29.8 Å². The van der Waals surface area contributed by atoms with E-state index in [1.807, 2.05) is 39.1 Å². The zero-order valence-corrected chi connectivity index (χ0v) is 13.3. The molecule has 0 aromatic heterocycles. The maximum Gasteiger partial charge on any atom is 0.243 e. The van der Waals surface area contributed by atoms with Crippen molar-refractivity contribution in [1.82, 2.24) is 10.2 Å². The second kappa shape index (κ2) is 8.42. The summed E-state index contributed by atoms with van der Waals surface area (Å²) >= 11 is 0. The third kappa shape index (κ3) is 5.55.